The molecule has 1 amide bonds. The van der Waals surface area contributed by atoms with Gasteiger partial charge in [-0.25, -0.2) is 18.2 Å². The van der Waals surface area contributed by atoms with E-state index in [-0.39, 0.29) is 37.6 Å². The number of hydrogen-bond acceptors (Lipinski definition) is 5. The monoisotopic (exact) mass is 498 g/mol. The molecule has 0 spiro atoms. The number of aromatic nitrogens is 1. The number of carbonyl (C=O) groups is 1. The maximum absolute atomic E-state index is 15.0. The molecule has 6 nitrogen and oxygen atoms in total. The third-order valence-electron chi connectivity index (χ3n) is 7.12. The van der Waals surface area contributed by atoms with Crippen molar-refractivity contribution in [1.29, 1.82) is 0 Å². The van der Waals surface area contributed by atoms with Gasteiger partial charge in [0.25, 0.3) is 0 Å². The number of alkyl halides is 2. The standard InChI is InChI=1S/C27H29F3N4O2/c28-22-18-21(32-25(35)20-8-10-27(29,30)11-9-20)6-7-23(22)33-13-15-34(16-14-33)24(26-31-12-17-36-26)19-4-2-1-3-5-19/h1-7,12,17-18,20,24H,8-11,13-16H2,(H,32,35). The molecule has 1 aliphatic heterocycles. The number of rotatable bonds is 6. The van der Waals surface area contributed by atoms with E-state index in [1.54, 1.807) is 24.6 Å². The summed E-state index contributed by atoms with van der Waals surface area (Å²) in [4.78, 5) is 21.1. The number of piperazine rings is 1. The van der Waals surface area contributed by atoms with Crippen LogP contribution in [0, 0.1) is 11.7 Å². The van der Waals surface area contributed by atoms with Crippen LogP contribution in [0.15, 0.2) is 65.4 Å². The average Bonchev–Trinajstić information content (AvgIpc) is 3.40. The number of oxazole rings is 1. The number of nitrogens with one attached hydrogen (secondary N) is 1. The summed E-state index contributed by atoms with van der Waals surface area (Å²) in [7, 11) is 0. The van der Waals surface area contributed by atoms with Crippen molar-refractivity contribution < 1.29 is 22.4 Å². The SMILES string of the molecule is O=C(Nc1ccc(N2CCN(C(c3ccccc3)c3ncco3)CC2)c(F)c1)C1CCC(F)(F)CC1. The smallest absolute Gasteiger partial charge is 0.248 e. The summed E-state index contributed by atoms with van der Waals surface area (Å²) in [6.07, 6.45) is 2.92. The highest BCUT2D eigenvalue weighted by molar-refractivity contribution is 5.92. The van der Waals surface area contributed by atoms with Crippen LogP contribution in [0.25, 0.3) is 0 Å². The van der Waals surface area contributed by atoms with Crippen LogP contribution in [0.5, 0.6) is 0 Å². The summed E-state index contributed by atoms with van der Waals surface area (Å²) in [6, 6.07) is 14.6. The quantitative estimate of drug-likeness (QED) is 0.487. The Morgan fingerprint density at radius 2 is 1.78 bits per heavy atom. The van der Waals surface area contributed by atoms with E-state index >= 15 is 4.39 Å². The van der Waals surface area contributed by atoms with Gasteiger partial charge in [-0.1, -0.05) is 30.3 Å². The first-order chi connectivity index (χ1) is 17.4. The lowest BCUT2D eigenvalue weighted by molar-refractivity contribution is -0.124. The van der Waals surface area contributed by atoms with Crippen molar-refractivity contribution in [1.82, 2.24) is 9.88 Å². The number of halogens is 3. The molecular weight excluding hydrogens is 469 g/mol. The molecule has 1 aromatic heterocycles. The molecule has 2 aromatic carbocycles. The van der Waals surface area contributed by atoms with Gasteiger partial charge in [-0.3, -0.25) is 9.69 Å². The summed E-state index contributed by atoms with van der Waals surface area (Å²) >= 11 is 0. The maximum atomic E-state index is 15.0. The van der Waals surface area contributed by atoms with Gasteiger partial charge >= 0.3 is 0 Å². The molecule has 0 bridgehead atoms. The molecular formula is C27H29F3N4O2. The molecule has 0 radical (unpaired) electrons. The molecule has 190 valence electrons. The molecule has 2 aliphatic rings. The Bertz CT molecular complexity index is 1160. The number of benzene rings is 2. The average molecular weight is 499 g/mol. The second kappa shape index (κ2) is 10.3. The summed E-state index contributed by atoms with van der Waals surface area (Å²) in [5, 5.41) is 2.70. The van der Waals surface area contributed by atoms with Crippen molar-refractivity contribution in [3.63, 3.8) is 0 Å². The minimum absolute atomic E-state index is 0.120. The molecule has 1 saturated carbocycles. The highest BCUT2D eigenvalue weighted by Gasteiger charge is 2.37. The number of nitrogens with zero attached hydrogens (tertiary/aromatic N) is 3. The fourth-order valence-electron chi connectivity index (χ4n) is 5.12. The van der Waals surface area contributed by atoms with Crippen LogP contribution in [0.3, 0.4) is 0 Å². The lowest BCUT2D eigenvalue weighted by Crippen LogP contribution is -2.48. The van der Waals surface area contributed by atoms with Crippen molar-refractivity contribution in [2.45, 2.75) is 37.6 Å². The van der Waals surface area contributed by atoms with Gasteiger partial charge in [0.1, 0.15) is 18.1 Å². The minimum atomic E-state index is -2.69. The molecule has 3 aromatic rings. The molecule has 1 atom stereocenters. The highest BCUT2D eigenvalue weighted by Crippen LogP contribution is 2.37. The fraction of sp³-hybridized carbons (Fsp3) is 0.407. The summed E-state index contributed by atoms with van der Waals surface area (Å²) in [6.45, 7) is 2.60. The molecule has 1 N–H and O–H groups in total. The highest BCUT2D eigenvalue weighted by atomic mass is 19.3. The van der Waals surface area contributed by atoms with Crippen molar-refractivity contribution in [2.24, 2.45) is 5.92 Å². The first kappa shape index (κ1) is 24.4. The Kier molecular flexibility index (Phi) is 7.00. The summed E-state index contributed by atoms with van der Waals surface area (Å²) in [5.74, 6) is -3.29. The second-order valence-electron chi connectivity index (χ2n) is 9.49. The van der Waals surface area contributed by atoms with E-state index in [1.165, 1.54) is 6.07 Å². The van der Waals surface area contributed by atoms with E-state index in [0.717, 1.165) is 5.56 Å². The molecule has 2 heterocycles. The molecule has 1 aliphatic carbocycles. The van der Waals surface area contributed by atoms with Crippen LogP contribution in [0.1, 0.15) is 43.2 Å². The molecule has 1 unspecified atom stereocenters. The Morgan fingerprint density at radius 1 is 1.06 bits per heavy atom. The Balaban J connectivity index is 1.21. The van der Waals surface area contributed by atoms with Crippen molar-refractivity contribution in [3.8, 4) is 0 Å². The van der Waals surface area contributed by atoms with Crippen LogP contribution in [0.2, 0.25) is 0 Å². The maximum Gasteiger partial charge on any atom is 0.248 e. The third-order valence-corrected chi connectivity index (χ3v) is 7.12. The second-order valence-corrected chi connectivity index (χ2v) is 9.49. The largest absolute Gasteiger partial charge is 0.447 e. The summed E-state index contributed by atoms with van der Waals surface area (Å²) < 4.78 is 47.4. The zero-order valence-corrected chi connectivity index (χ0v) is 19.9. The van der Waals surface area contributed by atoms with Gasteiger partial charge < -0.3 is 14.6 Å². The summed E-state index contributed by atoms with van der Waals surface area (Å²) in [5.41, 5.74) is 1.89. The van der Waals surface area contributed by atoms with E-state index in [2.05, 4.69) is 15.2 Å². The lowest BCUT2D eigenvalue weighted by Gasteiger charge is -2.39. The van der Waals surface area contributed by atoms with Crippen molar-refractivity contribution in [2.75, 3.05) is 36.4 Å². The Morgan fingerprint density at radius 3 is 2.42 bits per heavy atom. The van der Waals surface area contributed by atoms with Gasteiger partial charge in [-0.15, -0.1) is 0 Å². The number of amides is 1. The van der Waals surface area contributed by atoms with Crippen LogP contribution >= 0.6 is 0 Å². The lowest BCUT2D eigenvalue weighted by atomic mass is 9.86. The van der Waals surface area contributed by atoms with Gasteiger partial charge in [0.2, 0.25) is 17.7 Å². The van der Waals surface area contributed by atoms with Gasteiger partial charge in [0.15, 0.2) is 0 Å². The zero-order chi connectivity index (χ0) is 25.1. The first-order valence-corrected chi connectivity index (χ1v) is 12.3. The normalized spacial score (nSPS) is 19.7. The van der Waals surface area contributed by atoms with E-state index < -0.39 is 17.7 Å². The number of carbonyl (C=O) groups excluding carboxylic acids is 1. The van der Waals surface area contributed by atoms with E-state index in [9.17, 15) is 13.6 Å². The Labute approximate surface area is 208 Å². The Hall–Kier alpha value is -3.33. The fourth-order valence-corrected chi connectivity index (χ4v) is 5.12. The topological polar surface area (TPSA) is 61.6 Å². The van der Waals surface area contributed by atoms with Crippen molar-refractivity contribution in [3.05, 3.63) is 78.3 Å². The predicted molar refractivity (Wildman–Crippen MR) is 131 cm³/mol. The van der Waals surface area contributed by atoms with Crippen molar-refractivity contribution >= 4 is 17.3 Å². The molecule has 9 heteroatoms. The number of anilines is 2. The van der Waals surface area contributed by atoms with E-state index in [0.29, 0.717) is 43.4 Å². The molecule has 2 fully saturated rings. The van der Waals surface area contributed by atoms with Gasteiger partial charge in [-0.05, 0) is 36.6 Å². The predicted octanol–water partition coefficient (Wildman–Crippen LogP) is 5.49. The van der Waals surface area contributed by atoms with E-state index in [1.807, 2.05) is 35.2 Å². The van der Waals surface area contributed by atoms with Gasteiger partial charge in [0, 0.05) is 50.6 Å². The van der Waals surface area contributed by atoms with Crippen LogP contribution in [-0.2, 0) is 4.79 Å². The third kappa shape index (κ3) is 5.41. The van der Waals surface area contributed by atoms with E-state index in [4.69, 9.17) is 4.42 Å². The first-order valence-electron chi connectivity index (χ1n) is 12.3. The minimum Gasteiger partial charge on any atom is -0.447 e. The molecule has 5 rings (SSSR count). The van der Waals surface area contributed by atoms with Gasteiger partial charge in [-0.2, -0.15) is 0 Å². The van der Waals surface area contributed by atoms with Crippen LogP contribution < -0.4 is 10.2 Å². The van der Waals surface area contributed by atoms with Crippen LogP contribution in [0.4, 0.5) is 24.5 Å². The van der Waals surface area contributed by atoms with Gasteiger partial charge in [0.05, 0.1) is 11.9 Å². The van der Waals surface area contributed by atoms with Crippen LogP contribution in [-0.4, -0.2) is 47.9 Å². The molecule has 36 heavy (non-hydrogen) atoms. The number of hydrogen-bond donors (Lipinski definition) is 1. The molecule has 1 saturated heterocycles. The zero-order valence-electron chi connectivity index (χ0n) is 19.9.